The van der Waals surface area contributed by atoms with E-state index >= 15 is 0 Å². The normalized spacial score (nSPS) is 15.2. The summed E-state index contributed by atoms with van der Waals surface area (Å²) in [5, 5.41) is 15.9. The van der Waals surface area contributed by atoms with Gasteiger partial charge in [0.05, 0.1) is 5.69 Å². The minimum absolute atomic E-state index is 0.00376. The van der Waals surface area contributed by atoms with Crippen molar-refractivity contribution in [2.24, 2.45) is 5.92 Å². The first-order valence-corrected chi connectivity index (χ1v) is 7.31. The molecule has 2 aromatic rings. The van der Waals surface area contributed by atoms with Crippen molar-refractivity contribution in [3.63, 3.8) is 0 Å². The maximum atomic E-state index is 13.0. The van der Waals surface area contributed by atoms with Crippen molar-refractivity contribution >= 4 is 11.9 Å². The molecule has 7 heteroatoms. The highest BCUT2D eigenvalue weighted by atomic mass is 19.1. The summed E-state index contributed by atoms with van der Waals surface area (Å²) in [6.07, 6.45) is 3.26. The Bertz CT molecular complexity index is 750. The van der Waals surface area contributed by atoms with Crippen LogP contribution in [0.1, 0.15) is 28.9 Å². The summed E-state index contributed by atoms with van der Waals surface area (Å²) in [7, 11) is 0. The number of hydrogen-bond donors (Lipinski definition) is 2. The Morgan fingerprint density at radius 3 is 2.57 bits per heavy atom. The molecule has 1 amide bonds. The number of benzene rings is 1. The van der Waals surface area contributed by atoms with Crippen molar-refractivity contribution in [1.29, 1.82) is 0 Å². The summed E-state index contributed by atoms with van der Waals surface area (Å²) < 4.78 is 14.4. The third kappa shape index (κ3) is 3.23. The Labute approximate surface area is 131 Å². The lowest BCUT2D eigenvalue weighted by Gasteiger charge is -2.12. The zero-order chi connectivity index (χ0) is 16.6. The summed E-state index contributed by atoms with van der Waals surface area (Å²) in [6.45, 7) is 1.72. The van der Waals surface area contributed by atoms with Crippen molar-refractivity contribution in [3.8, 4) is 5.69 Å². The summed E-state index contributed by atoms with van der Waals surface area (Å²) in [6, 6.07) is 4.83. The van der Waals surface area contributed by atoms with E-state index in [-0.39, 0.29) is 17.4 Å². The van der Waals surface area contributed by atoms with Crippen molar-refractivity contribution in [1.82, 2.24) is 15.1 Å². The SMILES string of the molecule is Cc1cn(-c2ccc(F)cc2)nc1C(=O)N[C@@H](C(=O)O)C1CC1. The van der Waals surface area contributed by atoms with Crippen LogP contribution in [0.2, 0.25) is 0 Å². The van der Waals surface area contributed by atoms with Gasteiger partial charge in [-0.05, 0) is 49.9 Å². The number of aromatic nitrogens is 2. The first-order chi connectivity index (χ1) is 11.0. The quantitative estimate of drug-likeness (QED) is 0.882. The lowest BCUT2D eigenvalue weighted by molar-refractivity contribution is -0.139. The molecule has 2 N–H and O–H groups in total. The van der Waals surface area contributed by atoms with E-state index in [1.807, 2.05) is 0 Å². The molecule has 1 aliphatic rings. The minimum atomic E-state index is -1.03. The number of aliphatic carboxylic acids is 1. The summed E-state index contributed by atoms with van der Waals surface area (Å²) in [5.74, 6) is -1.90. The van der Waals surface area contributed by atoms with Crippen LogP contribution in [0.3, 0.4) is 0 Å². The molecule has 1 aromatic carbocycles. The fraction of sp³-hybridized carbons (Fsp3) is 0.312. The summed E-state index contributed by atoms with van der Waals surface area (Å²) in [5.41, 5.74) is 1.40. The van der Waals surface area contributed by atoms with E-state index in [0.717, 1.165) is 12.8 Å². The maximum absolute atomic E-state index is 13.0. The number of aryl methyl sites for hydroxylation is 1. The van der Waals surface area contributed by atoms with Crippen LogP contribution < -0.4 is 5.32 Å². The second-order valence-corrected chi connectivity index (χ2v) is 5.71. The van der Waals surface area contributed by atoms with E-state index in [4.69, 9.17) is 0 Å². The molecule has 0 radical (unpaired) electrons. The van der Waals surface area contributed by atoms with Gasteiger partial charge in [-0.3, -0.25) is 4.79 Å². The molecule has 6 nitrogen and oxygen atoms in total. The number of nitrogens with zero attached hydrogens (tertiary/aromatic N) is 2. The zero-order valence-corrected chi connectivity index (χ0v) is 12.5. The maximum Gasteiger partial charge on any atom is 0.326 e. The first-order valence-electron chi connectivity index (χ1n) is 7.31. The van der Waals surface area contributed by atoms with Gasteiger partial charge in [-0.2, -0.15) is 5.10 Å². The number of halogens is 1. The van der Waals surface area contributed by atoms with Crippen molar-refractivity contribution in [2.45, 2.75) is 25.8 Å². The van der Waals surface area contributed by atoms with Crippen molar-refractivity contribution in [3.05, 3.63) is 47.5 Å². The van der Waals surface area contributed by atoms with E-state index in [1.165, 1.54) is 16.8 Å². The van der Waals surface area contributed by atoms with E-state index in [0.29, 0.717) is 11.3 Å². The highest BCUT2D eigenvalue weighted by molar-refractivity contribution is 5.96. The Morgan fingerprint density at radius 1 is 1.35 bits per heavy atom. The number of nitrogens with one attached hydrogen (secondary N) is 1. The molecule has 0 spiro atoms. The van der Waals surface area contributed by atoms with Gasteiger partial charge in [-0.25, -0.2) is 13.9 Å². The fourth-order valence-electron chi connectivity index (χ4n) is 2.43. The van der Waals surface area contributed by atoms with Crippen LogP contribution in [0.4, 0.5) is 4.39 Å². The summed E-state index contributed by atoms with van der Waals surface area (Å²) >= 11 is 0. The van der Waals surface area contributed by atoms with Crippen LogP contribution in [0.5, 0.6) is 0 Å². The van der Waals surface area contributed by atoms with Crippen molar-refractivity contribution in [2.75, 3.05) is 0 Å². The Kier molecular flexibility index (Phi) is 3.85. The van der Waals surface area contributed by atoms with E-state index in [1.54, 1.807) is 25.3 Å². The minimum Gasteiger partial charge on any atom is -0.480 e. The molecular weight excluding hydrogens is 301 g/mol. The van der Waals surface area contributed by atoms with E-state index in [9.17, 15) is 19.1 Å². The number of rotatable bonds is 5. The number of carbonyl (C=O) groups is 2. The van der Waals surface area contributed by atoms with Crippen LogP contribution in [-0.4, -0.2) is 32.8 Å². The first kappa shape index (κ1) is 15.2. The molecule has 1 aliphatic carbocycles. The molecule has 1 atom stereocenters. The third-order valence-corrected chi connectivity index (χ3v) is 3.85. The van der Waals surface area contributed by atoms with Gasteiger partial charge in [0.1, 0.15) is 11.9 Å². The van der Waals surface area contributed by atoms with Crippen LogP contribution in [0.25, 0.3) is 5.69 Å². The Morgan fingerprint density at radius 2 is 2.00 bits per heavy atom. The predicted molar refractivity (Wildman–Crippen MR) is 79.9 cm³/mol. The number of carboxylic acid groups (broad SMARTS) is 1. The van der Waals surface area contributed by atoms with Crippen LogP contribution in [0.15, 0.2) is 30.5 Å². The smallest absolute Gasteiger partial charge is 0.326 e. The molecule has 1 heterocycles. The van der Waals surface area contributed by atoms with Gasteiger partial charge in [0.15, 0.2) is 5.69 Å². The van der Waals surface area contributed by atoms with Gasteiger partial charge in [0, 0.05) is 11.8 Å². The Hall–Kier alpha value is -2.70. The number of hydrogen-bond acceptors (Lipinski definition) is 3. The molecule has 23 heavy (non-hydrogen) atoms. The number of carboxylic acids is 1. The average molecular weight is 317 g/mol. The molecule has 1 aromatic heterocycles. The van der Waals surface area contributed by atoms with E-state index in [2.05, 4.69) is 10.4 Å². The molecule has 0 unspecified atom stereocenters. The summed E-state index contributed by atoms with van der Waals surface area (Å²) in [4.78, 5) is 23.5. The number of carbonyl (C=O) groups excluding carboxylic acids is 1. The molecular formula is C16H16FN3O3. The zero-order valence-electron chi connectivity index (χ0n) is 12.5. The topological polar surface area (TPSA) is 84.2 Å². The molecule has 120 valence electrons. The molecule has 0 saturated heterocycles. The monoisotopic (exact) mass is 317 g/mol. The average Bonchev–Trinajstić information content (AvgIpc) is 3.27. The molecule has 0 bridgehead atoms. The molecule has 3 rings (SSSR count). The van der Waals surface area contributed by atoms with E-state index < -0.39 is 17.9 Å². The van der Waals surface area contributed by atoms with Gasteiger partial charge in [-0.1, -0.05) is 0 Å². The lowest BCUT2D eigenvalue weighted by Crippen LogP contribution is -2.42. The predicted octanol–water partition coefficient (Wildman–Crippen LogP) is 1.91. The molecule has 0 aliphatic heterocycles. The van der Waals surface area contributed by atoms with Gasteiger partial charge in [-0.15, -0.1) is 0 Å². The fourth-order valence-corrected chi connectivity index (χ4v) is 2.43. The lowest BCUT2D eigenvalue weighted by atomic mass is 10.1. The largest absolute Gasteiger partial charge is 0.480 e. The van der Waals surface area contributed by atoms with Gasteiger partial charge >= 0.3 is 5.97 Å². The van der Waals surface area contributed by atoms with Crippen LogP contribution in [-0.2, 0) is 4.79 Å². The van der Waals surface area contributed by atoms with Crippen LogP contribution in [0, 0.1) is 18.7 Å². The van der Waals surface area contributed by atoms with Gasteiger partial charge < -0.3 is 10.4 Å². The second kappa shape index (κ2) is 5.83. The highest BCUT2D eigenvalue weighted by Crippen LogP contribution is 2.32. The van der Waals surface area contributed by atoms with Gasteiger partial charge in [0.2, 0.25) is 0 Å². The second-order valence-electron chi connectivity index (χ2n) is 5.71. The van der Waals surface area contributed by atoms with Gasteiger partial charge in [0.25, 0.3) is 5.91 Å². The molecule has 1 saturated carbocycles. The standard InChI is InChI=1S/C16H16FN3O3/c1-9-8-20(12-6-4-11(17)5-7-12)19-13(9)15(21)18-14(16(22)23)10-2-3-10/h4-8,10,14H,2-3H2,1H3,(H,18,21)(H,22,23)/t14-/m1/s1. The third-order valence-electron chi connectivity index (χ3n) is 3.85. The van der Waals surface area contributed by atoms with Crippen molar-refractivity contribution < 1.29 is 19.1 Å². The molecule has 1 fully saturated rings. The van der Waals surface area contributed by atoms with Crippen LogP contribution >= 0.6 is 0 Å². The Balaban J connectivity index is 1.81. The number of amides is 1. The highest BCUT2D eigenvalue weighted by Gasteiger charge is 2.37.